The van der Waals surface area contributed by atoms with Crippen molar-refractivity contribution in [2.45, 2.75) is 6.92 Å². The largest absolute Gasteiger partial charge is 0.493 e. The molecule has 0 atom stereocenters. The van der Waals surface area contributed by atoms with Crippen molar-refractivity contribution in [3.8, 4) is 11.5 Å². The maximum absolute atomic E-state index is 12.2. The number of ether oxygens (including phenoxy) is 3. The molecule has 0 unspecified atom stereocenters. The van der Waals surface area contributed by atoms with Crippen LogP contribution in [0.25, 0.3) is 0 Å². The van der Waals surface area contributed by atoms with E-state index in [0.717, 1.165) is 0 Å². The molecule has 0 heterocycles. The van der Waals surface area contributed by atoms with E-state index in [1.807, 2.05) is 6.92 Å². The Morgan fingerprint density at radius 1 is 0.955 bits per heavy atom. The molecule has 0 saturated carbocycles. The lowest BCUT2D eigenvalue weighted by molar-refractivity contribution is 0.0600. The molecular formula is C17H16O5. The summed E-state index contributed by atoms with van der Waals surface area (Å²) < 4.78 is 15.3. The molecule has 0 saturated heterocycles. The highest BCUT2D eigenvalue weighted by Crippen LogP contribution is 2.21. The van der Waals surface area contributed by atoms with Crippen LogP contribution in [0, 0.1) is 0 Å². The smallest absolute Gasteiger partial charge is 0.347 e. The number of esters is 2. The Balaban J connectivity index is 2.14. The predicted molar refractivity (Wildman–Crippen MR) is 80.4 cm³/mol. The molecule has 0 aliphatic rings. The van der Waals surface area contributed by atoms with Gasteiger partial charge in [0.25, 0.3) is 0 Å². The van der Waals surface area contributed by atoms with Crippen molar-refractivity contribution in [1.29, 1.82) is 0 Å². The van der Waals surface area contributed by atoms with Crippen LogP contribution >= 0.6 is 0 Å². The summed E-state index contributed by atoms with van der Waals surface area (Å²) in [5.41, 5.74) is 0.735. The molecule has 5 nitrogen and oxygen atoms in total. The Bertz CT molecular complexity index is 661. The van der Waals surface area contributed by atoms with Gasteiger partial charge in [-0.25, -0.2) is 9.59 Å². The summed E-state index contributed by atoms with van der Waals surface area (Å²) in [4.78, 5) is 23.5. The van der Waals surface area contributed by atoms with E-state index in [4.69, 9.17) is 9.47 Å². The fraction of sp³-hybridized carbons (Fsp3) is 0.176. The van der Waals surface area contributed by atoms with E-state index >= 15 is 0 Å². The second-order valence-corrected chi connectivity index (χ2v) is 4.33. The van der Waals surface area contributed by atoms with Crippen LogP contribution in [0.2, 0.25) is 0 Å². The fourth-order valence-electron chi connectivity index (χ4n) is 1.86. The van der Waals surface area contributed by atoms with Crippen molar-refractivity contribution in [2.75, 3.05) is 13.7 Å². The van der Waals surface area contributed by atoms with Crippen molar-refractivity contribution >= 4 is 11.9 Å². The van der Waals surface area contributed by atoms with Gasteiger partial charge in [-0.2, -0.15) is 0 Å². The third-order valence-corrected chi connectivity index (χ3v) is 2.89. The second-order valence-electron chi connectivity index (χ2n) is 4.33. The molecule has 0 spiro atoms. The Labute approximate surface area is 128 Å². The third-order valence-electron chi connectivity index (χ3n) is 2.89. The minimum absolute atomic E-state index is 0.337. The third kappa shape index (κ3) is 3.63. The maximum Gasteiger partial charge on any atom is 0.347 e. The molecule has 22 heavy (non-hydrogen) atoms. The highest BCUT2D eigenvalue weighted by atomic mass is 16.5. The first-order valence-electron chi connectivity index (χ1n) is 6.78. The molecule has 0 fully saturated rings. The molecule has 2 rings (SSSR count). The number of carbonyl (C=O) groups is 2. The number of rotatable bonds is 5. The summed E-state index contributed by atoms with van der Waals surface area (Å²) >= 11 is 0. The molecule has 0 amide bonds. The first kappa shape index (κ1) is 15.6. The molecule has 0 radical (unpaired) electrons. The number of carbonyl (C=O) groups excluding carboxylic acids is 2. The average molecular weight is 300 g/mol. The zero-order chi connectivity index (χ0) is 15.9. The summed E-state index contributed by atoms with van der Waals surface area (Å²) in [7, 11) is 1.31. The summed E-state index contributed by atoms with van der Waals surface area (Å²) in [6.45, 7) is 2.30. The van der Waals surface area contributed by atoms with Crippen LogP contribution in [0.15, 0.2) is 48.5 Å². The fourth-order valence-corrected chi connectivity index (χ4v) is 1.86. The van der Waals surface area contributed by atoms with Crippen molar-refractivity contribution in [3.63, 3.8) is 0 Å². The van der Waals surface area contributed by atoms with Crippen LogP contribution in [0.3, 0.4) is 0 Å². The highest BCUT2D eigenvalue weighted by molar-refractivity contribution is 5.94. The number of para-hydroxylation sites is 1. The second kappa shape index (κ2) is 7.26. The van der Waals surface area contributed by atoms with Gasteiger partial charge in [0.05, 0.1) is 19.3 Å². The van der Waals surface area contributed by atoms with Crippen LogP contribution in [0.5, 0.6) is 11.5 Å². The molecule has 0 aromatic heterocycles. The quantitative estimate of drug-likeness (QED) is 0.627. The molecule has 0 bridgehead atoms. The van der Waals surface area contributed by atoms with Gasteiger partial charge in [-0.05, 0) is 43.3 Å². The van der Waals surface area contributed by atoms with Crippen molar-refractivity contribution in [1.82, 2.24) is 0 Å². The summed E-state index contributed by atoms with van der Waals surface area (Å²) in [5.74, 6) is -0.153. The van der Waals surface area contributed by atoms with E-state index in [1.165, 1.54) is 31.4 Å². The van der Waals surface area contributed by atoms with Crippen LogP contribution < -0.4 is 9.47 Å². The monoisotopic (exact) mass is 300 g/mol. The molecule has 0 aliphatic heterocycles. The van der Waals surface area contributed by atoms with Gasteiger partial charge in [-0.3, -0.25) is 0 Å². The summed E-state index contributed by atoms with van der Waals surface area (Å²) in [6.07, 6.45) is 0. The molecule has 0 aliphatic carbocycles. The van der Waals surface area contributed by atoms with E-state index in [2.05, 4.69) is 4.74 Å². The number of hydrogen-bond acceptors (Lipinski definition) is 5. The van der Waals surface area contributed by atoms with Gasteiger partial charge < -0.3 is 14.2 Å². The Hall–Kier alpha value is -2.82. The van der Waals surface area contributed by atoms with Crippen LogP contribution in [-0.4, -0.2) is 25.7 Å². The average Bonchev–Trinajstić information content (AvgIpc) is 2.55. The van der Waals surface area contributed by atoms with E-state index in [-0.39, 0.29) is 0 Å². The Kier molecular flexibility index (Phi) is 5.14. The first-order valence-corrected chi connectivity index (χ1v) is 6.78. The lowest BCUT2D eigenvalue weighted by Crippen LogP contribution is -2.11. The van der Waals surface area contributed by atoms with Crippen molar-refractivity contribution in [3.05, 3.63) is 59.7 Å². The van der Waals surface area contributed by atoms with Gasteiger partial charge >= 0.3 is 11.9 Å². The van der Waals surface area contributed by atoms with Crippen molar-refractivity contribution in [2.24, 2.45) is 0 Å². The standard InChI is InChI=1S/C17H16O5/c1-3-21-15-7-5-4-6-14(15)17(19)22-13-10-8-12(9-11-13)16(18)20-2/h4-11H,3H2,1-2H3. The van der Waals surface area contributed by atoms with Gasteiger partial charge in [0.2, 0.25) is 0 Å². The lowest BCUT2D eigenvalue weighted by Gasteiger charge is -2.09. The minimum atomic E-state index is -0.519. The highest BCUT2D eigenvalue weighted by Gasteiger charge is 2.14. The number of benzene rings is 2. The topological polar surface area (TPSA) is 61.8 Å². The van der Waals surface area contributed by atoms with Gasteiger partial charge in [-0.15, -0.1) is 0 Å². The molecule has 0 N–H and O–H groups in total. The van der Waals surface area contributed by atoms with Crippen LogP contribution in [0.1, 0.15) is 27.6 Å². The van der Waals surface area contributed by atoms with E-state index in [0.29, 0.717) is 29.2 Å². The Morgan fingerprint density at radius 2 is 1.64 bits per heavy atom. The molecule has 2 aromatic carbocycles. The maximum atomic E-state index is 12.2. The van der Waals surface area contributed by atoms with E-state index in [9.17, 15) is 9.59 Å². The molecule has 5 heteroatoms. The predicted octanol–water partition coefficient (Wildman–Crippen LogP) is 3.09. The molecule has 114 valence electrons. The van der Waals surface area contributed by atoms with Crippen molar-refractivity contribution < 1.29 is 23.8 Å². The van der Waals surface area contributed by atoms with Gasteiger partial charge in [0, 0.05) is 0 Å². The zero-order valence-electron chi connectivity index (χ0n) is 12.4. The molecular weight excluding hydrogens is 284 g/mol. The number of methoxy groups -OCH3 is 1. The van der Waals surface area contributed by atoms with Gasteiger partial charge in [0.1, 0.15) is 17.1 Å². The Morgan fingerprint density at radius 3 is 2.27 bits per heavy atom. The van der Waals surface area contributed by atoms with E-state index < -0.39 is 11.9 Å². The molecule has 2 aromatic rings. The summed E-state index contributed by atoms with van der Waals surface area (Å²) in [6, 6.07) is 13.0. The SMILES string of the molecule is CCOc1ccccc1C(=O)Oc1ccc(C(=O)OC)cc1. The van der Waals surface area contributed by atoms with Crippen LogP contribution in [-0.2, 0) is 4.74 Å². The summed E-state index contributed by atoms with van der Waals surface area (Å²) in [5, 5.41) is 0. The zero-order valence-corrected chi connectivity index (χ0v) is 12.4. The van der Waals surface area contributed by atoms with Gasteiger partial charge in [-0.1, -0.05) is 12.1 Å². The normalized spacial score (nSPS) is 9.91. The number of hydrogen-bond donors (Lipinski definition) is 0. The van der Waals surface area contributed by atoms with Gasteiger partial charge in [0.15, 0.2) is 0 Å². The van der Waals surface area contributed by atoms with Crippen LogP contribution in [0.4, 0.5) is 0 Å². The minimum Gasteiger partial charge on any atom is -0.493 e. The lowest BCUT2D eigenvalue weighted by atomic mass is 10.2. The first-order chi connectivity index (χ1) is 10.7. The van der Waals surface area contributed by atoms with E-state index in [1.54, 1.807) is 24.3 Å².